The molecule has 1 saturated heterocycles. The van der Waals surface area contributed by atoms with Gasteiger partial charge in [0.05, 0.1) is 6.61 Å². The Kier molecular flexibility index (Phi) is 5.55. The second kappa shape index (κ2) is 6.70. The molecule has 1 heterocycles. The molecule has 0 aromatic rings. The maximum atomic E-state index is 9.37. The summed E-state index contributed by atoms with van der Waals surface area (Å²) >= 11 is 0. The van der Waals surface area contributed by atoms with Crippen LogP contribution in [0.15, 0.2) is 5.16 Å². The van der Waals surface area contributed by atoms with Crippen LogP contribution in [0.2, 0.25) is 0 Å². The molecule has 94 valence electrons. The number of nitrogens with zero attached hydrogens (tertiary/aromatic N) is 2. The fourth-order valence-electron chi connectivity index (χ4n) is 2.44. The molecule has 5 heteroatoms. The van der Waals surface area contributed by atoms with Crippen molar-refractivity contribution < 1.29 is 10.3 Å². The number of hydrogen-bond acceptors (Lipinski definition) is 4. The lowest BCUT2D eigenvalue weighted by molar-refractivity contribution is 0.0932. The molecule has 5 nitrogen and oxygen atoms in total. The second-order valence-electron chi connectivity index (χ2n) is 4.57. The van der Waals surface area contributed by atoms with Gasteiger partial charge >= 0.3 is 0 Å². The molecule has 0 saturated carbocycles. The van der Waals surface area contributed by atoms with E-state index in [1.807, 2.05) is 0 Å². The molecule has 1 fully saturated rings. The van der Waals surface area contributed by atoms with Gasteiger partial charge in [-0.2, -0.15) is 0 Å². The van der Waals surface area contributed by atoms with Crippen molar-refractivity contribution in [2.24, 2.45) is 10.9 Å². The Bertz CT molecular complexity index is 233. The van der Waals surface area contributed by atoms with Crippen molar-refractivity contribution >= 4 is 5.84 Å². The molecule has 4 N–H and O–H groups in total. The third-order valence-corrected chi connectivity index (χ3v) is 3.33. The number of nitrogens with two attached hydrogens (primary N) is 1. The van der Waals surface area contributed by atoms with Crippen molar-refractivity contribution in [1.82, 2.24) is 4.90 Å². The summed E-state index contributed by atoms with van der Waals surface area (Å²) in [6.07, 6.45) is 5.16. The lowest BCUT2D eigenvalue weighted by Gasteiger charge is -2.33. The van der Waals surface area contributed by atoms with Crippen LogP contribution in [0.3, 0.4) is 0 Å². The third-order valence-electron chi connectivity index (χ3n) is 3.33. The van der Waals surface area contributed by atoms with Crippen LogP contribution in [0.4, 0.5) is 0 Å². The van der Waals surface area contributed by atoms with Crippen molar-refractivity contribution in [3.05, 3.63) is 0 Å². The number of oxime groups is 1. The number of aliphatic hydroxyl groups excluding tert-OH is 1. The van der Waals surface area contributed by atoms with Gasteiger partial charge in [0, 0.05) is 18.5 Å². The highest BCUT2D eigenvalue weighted by Crippen LogP contribution is 2.20. The van der Waals surface area contributed by atoms with Gasteiger partial charge in [-0.15, -0.1) is 0 Å². The SMILES string of the molecule is CC(CC(N)=NO)N1CCCCCC1CO. The number of amidine groups is 1. The van der Waals surface area contributed by atoms with Crippen molar-refractivity contribution in [3.8, 4) is 0 Å². The summed E-state index contributed by atoms with van der Waals surface area (Å²) < 4.78 is 0. The van der Waals surface area contributed by atoms with Gasteiger partial charge in [-0.25, -0.2) is 0 Å². The maximum absolute atomic E-state index is 9.37. The van der Waals surface area contributed by atoms with E-state index in [0.29, 0.717) is 6.42 Å². The summed E-state index contributed by atoms with van der Waals surface area (Å²) in [6, 6.07) is 0.440. The van der Waals surface area contributed by atoms with E-state index >= 15 is 0 Å². The van der Waals surface area contributed by atoms with Crippen molar-refractivity contribution in [2.45, 2.75) is 51.1 Å². The molecule has 16 heavy (non-hydrogen) atoms. The monoisotopic (exact) mass is 229 g/mol. The van der Waals surface area contributed by atoms with Crippen LogP contribution in [0, 0.1) is 0 Å². The van der Waals surface area contributed by atoms with Gasteiger partial charge in [-0.05, 0) is 26.3 Å². The van der Waals surface area contributed by atoms with E-state index < -0.39 is 0 Å². The van der Waals surface area contributed by atoms with Gasteiger partial charge in [0.2, 0.25) is 0 Å². The normalized spacial score (nSPS) is 26.4. The quantitative estimate of drug-likeness (QED) is 0.287. The Morgan fingerprint density at radius 2 is 2.25 bits per heavy atom. The van der Waals surface area contributed by atoms with Gasteiger partial charge in [-0.3, -0.25) is 4.90 Å². The first kappa shape index (κ1) is 13.3. The van der Waals surface area contributed by atoms with Crippen molar-refractivity contribution in [3.63, 3.8) is 0 Å². The Morgan fingerprint density at radius 3 is 2.88 bits per heavy atom. The van der Waals surface area contributed by atoms with Crippen LogP contribution in [-0.2, 0) is 0 Å². The van der Waals surface area contributed by atoms with Gasteiger partial charge in [0.25, 0.3) is 0 Å². The second-order valence-corrected chi connectivity index (χ2v) is 4.57. The molecule has 0 bridgehead atoms. The zero-order valence-electron chi connectivity index (χ0n) is 9.97. The van der Waals surface area contributed by atoms with Crippen LogP contribution < -0.4 is 5.73 Å². The molecule has 2 atom stereocenters. The molecule has 0 spiro atoms. The predicted octanol–water partition coefficient (Wildman–Crippen LogP) is 0.748. The molecule has 2 unspecified atom stereocenters. The number of hydrogen-bond donors (Lipinski definition) is 3. The fourth-order valence-corrected chi connectivity index (χ4v) is 2.44. The van der Waals surface area contributed by atoms with Crippen LogP contribution in [0.5, 0.6) is 0 Å². The number of aliphatic hydroxyl groups is 1. The third kappa shape index (κ3) is 3.64. The molecule has 0 aliphatic carbocycles. The van der Waals surface area contributed by atoms with Gasteiger partial charge in [0.15, 0.2) is 0 Å². The van der Waals surface area contributed by atoms with E-state index in [9.17, 15) is 5.11 Å². The van der Waals surface area contributed by atoms with Gasteiger partial charge < -0.3 is 16.0 Å². The topological polar surface area (TPSA) is 82.1 Å². The van der Waals surface area contributed by atoms with E-state index in [4.69, 9.17) is 10.9 Å². The first-order valence-electron chi connectivity index (χ1n) is 6.02. The Morgan fingerprint density at radius 1 is 1.50 bits per heavy atom. The number of likely N-dealkylation sites (tertiary alicyclic amines) is 1. The average molecular weight is 229 g/mol. The number of rotatable bonds is 4. The molecule has 0 radical (unpaired) electrons. The fraction of sp³-hybridized carbons (Fsp3) is 0.909. The van der Waals surface area contributed by atoms with Gasteiger partial charge in [0.1, 0.15) is 5.84 Å². The van der Waals surface area contributed by atoms with E-state index in [0.717, 1.165) is 19.4 Å². The first-order chi connectivity index (χ1) is 7.69. The van der Waals surface area contributed by atoms with E-state index in [1.165, 1.54) is 12.8 Å². The zero-order valence-corrected chi connectivity index (χ0v) is 9.97. The van der Waals surface area contributed by atoms with E-state index in [1.54, 1.807) is 0 Å². The highest BCUT2D eigenvalue weighted by molar-refractivity contribution is 5.80. The molecule has 0 amide bonds. The summed E-state index contributed by atoms with van der Waals surface area (Å²) in [6.45, 7) is 3.25. The predicted molar refractivity (Wildman–Crippen MR) is 63.5 cm³/mol. The summed E-state index contributed by atoms with van der Waals surface area (Å²) in [5, 5.41) is 20.9. The van der Waals surface area contributed by atoms with Crippen LogP contribution in [0.1, 0.15) is 39.0 Å². The summed E-state index contributed by atoms with van der Waals surface area (Å²) in [5.41, 5.74) is 5.52. The zero-order chi connectivity index (χ0) is 12.0. The molecular formula is C11H23N3O2. The summed E-state index contributed by atoms with van der Waals surface area (Å²) in [5.74, 6) is 0.258. The maximum Gasteiger partial charge on any atom is 0.140 e. The molecular weight excluding hydrogens is 206 g/mol. The van der Waals surface area contributed by atoms with E-state index in [2.05, 4.69) is 17.0 Å². The Balaban J connectivity index is 2.58. The Hall–Kier alpha value is -0.810. The highest BCUT2D eigenvalue weighted by atomic mass is 16.4. The largest absolute Gasteiger partial charge is 0.409 e. The van der Waals surface area contributed by atoms with Crippen molar-refractivity contribution in [1.29, 1.82) is 0 Å². The molecule has 0 aromatic heterocycles. The highest BCUT2D eigenvalue weighted by Gasteiger charge is 2.25. The Labute approximate surface area is 96.9 Å². The minimum absolute atomic E-state index is 0.195. The minimum atomic E-state index is 0.195. The van der Waals surface area contributed by atoms with E-state index in [-0.39, 0.29) is 24.5 Å². The van der Waals surface area contributed by atoms with Crippen molar-refractivity contribution in [2.75, 3.05) is 13.2 Å². The summed E-state index contributed by atoms with van der Waals surface area (Å²) in [4.78, 5) is 2.28. The molecule has 1 aliphatic rings. The average Bonchev–Trinajstić information content (AvgIpc) is 2.53. The summed E-state index contributed by atoms with van der Waals surface area (Å²) in [7, 11) is 0. The molecule has 1 rings (SSSR count). The van der Waals surface area contributed by atoms with Gasteiger partial charge in [-0.1, -0.05) is 18.0 Å². The standard InChI is InChI=1S/C11H23N3O2/c1-9(7-11(12)13-16)14-6-4-2-3-5-10(14)8-15/h9-10,15-16H,2-8H2,1H3,(H2,12,13). The smallest absolute Gasteiger partial charge is 0.140 e. The van der Waals surface area contributed by atoms with Crippen LogP contribution in [0.25, 0.3) is 0 Å². The first-order valence-corrected chi connectivity index (χ1v) is 6.02. The molecule has 0 aromatic carbocycles. The minimum Gasteiger partial charge on any atom is -0.409 e. The lowest BCUT2D eigenvalue weighted by Crippen LogP contribution is -2.45. The molecule has 1 aliphatic heterocycles. The van der Waals surface area contributed by atoms with Crippen LogP contribution in [-0.4, -0.2) is 46.3 Å². The van der Waals surface area contributed by atoms with Crippen LogP contribution >= 0.6 is 0 Å². The lowest BCUT2D eigenvalue weighted by atomic mass is 10.1.